The lowest BCUT2D eigenvalue weighted by Gasteiger charge is -2.56. The smallest absolute Gasteiger partial charge is 0.321 e. The molecule has 5 saturated carbocycles. The summed E-state index contributed by atoms with van der Waals surface area (Å²) in [5.74, 6) is 2.48. The molecule has 0 atom stereocenters. The van der Waals surface area contributed by atoms with Crippen LogP contribution in [0.2, 0.25) is 0 Å². The third-order valence-electron chi connectivity index (χ3n) is 7.48. The normalized spacial score (nSPS) is 35.2. The first kappa shape index (κ1) is 17.7. The topological polar surface area (TPSA) is 70.2 Å². The fourth-order valence-electron chi connectivity index (χ4n) is 6.67. The van der Waals surface area contributed by atoms with Gasteiger partial charge in [-0.05, 0) is 69.1 Å². The Morgan fingerprint density at radius 2 is 1.67 bits per heavy atom. The van der Waals surface area contributed by atoms with E-state index in [1.165, 1.54) is 82.0 Å². The Balaban J connectivity index is 1.20. The zero-order chi connectivity index (χ0) is 18.4. The molecule has 5 fully saturated rings. The number of rotatable bonds is 4. The van der Waals surface area contributed by atoms with Gasteiger partial charge in [0.2, 0.25) is 10.3 Å². The van der Waals surface area contributed by atoms with Crippen LogP contribution < -0.4 is 15.5 Å². The second kappa shape index (κ2) is 6.90. The van der Waals surface area contributed by atoms with Gasteiger partial charge in [-0.3, -0.25) is 5.32 Å². The molecule has 6 rings (SSSR count). The molecule has 4 bridgehead atoms. The van der Waals surface area contributed by atoms with E-state index in [4.69, 9.17) is 0 Å². The molecule has 0 aliphatic heterocycles. The minimum atomic E-state index is -0.0973. The van der Waals surface area contributed by atoms with E-state index < -0.39 is 0 Å². The summed E-state index contributed by atoms with van der Waals surface area (Å²) in [7, 11) is 2.11. The summed E-state index contributed by atoms with van der Waals surface area (Å²) in [5.41, 5.74) is 0.0330. The average Bonchev–Trinajstić information content (AvgIpc) is 3.08. The van der Waals surface area contributed by atoms with E-state index in [9.17, 15) is 4.79 Å². The highest BCUT2D eigenvalue weighted by Gasteiger charge is 2.51. The van der Waals surface area contributed by atoms with Gasteiger partial charge in [0.15, 0.2) is 0 Å². The number of nitrogens with one attached hydrogen (secondary N) is 2. The standard InChI is InChI=1S/C20H31N5OS/c1-25(16-5-3-2-4-6-16)19-24-23-18(27-19)21-17(26)22-20-10-13-7-14(11-20)9-15(8-13)12-20/h13-16H,2-12H2,1H3,(H2,21,22,23,26). The second-order valence-electron chi connectivity index (χ2n) is 9.57. The Labute approximate surface area is 165 Å². The molecule has 148 valence electrons. The Morgan fingerprint density at radius 1 is 1.04 bits per heavy atom. The van der Waals surface area contributed by atoms with Crippen LogP contribution in [0.25, 0.3) is 0 Å². The van der Waals surface area contributed by atoms with Crippen LogP contribution in [0.1, 0.15) is 70.6 Å². The maximum Gasteiger partial charge on any atom is 0.321 e. The monoisotopic (exact) mass is 389 g/mol. The summed E-state index contributed by atoms with van der Waals surface area (Å²) in [4.78, 5) is 14.9. The number of amides is 2. The minimum absolute atomic E-state index is 0.0330. The van der Waals surface area contributed by atoms with Crippen molar-refractivity contribution >= 4 is 27.6 Å². The number of hydrogen-bond donors (Lipinski definition) is 2. The summed E-state index contributed by atoms with van der Waals surface area (Å²) in [6.07, 6.45) is 14.0. The van der Waals surface area contributed by atoms with Gasteiger partial charge in [-0.2, -0.15) is 0 Å². The predicted octanol–water partition coefficient (Wildman–Crippen LogP) is 4.40. The fourth-order valence-corrected chi connectivity index (χ4v) is 7.44. The molecule has 1 heterocycles. The van der Waals surface area contributed by atoms with Gasteiger partial charge in [0, 0.05) is 18.6 Å². The Morgan fingerprint density at radius 3 is 2.30 bits per heavy atom. The van der Waals surface area contributed by atoms with Gasteiger partial charge in [-0.1, -0.05) is 30.6 Å². The van der Waals surface area contributed by atoms with Crippen LogP contribution in [0.15, 0.2) is 0 Å². The molecular weight excluding hydrogens is 358 g/mol. The molecule has 5 aliphatic rings. The van der Waals surface area contributed by atoms with E-state index in [2.05, 4.69) is 32.8 Å². The molecule has 0 radical (unpaired) electrons. The molecule has 5 aliphatic carbocycles. The highest BCUT2D eigenvalue weighted by Crippen LogP contribution is 2.55. The molecule has 0 saturated heterocycles. The number of carbonyl (C=O) groups excluding carboxylic acids is 1. The van der Waals surface area contributed by atoms with Crippen LogP contribution in [0.4, 0.5) is 15.1 Å². The van der Waals surface area contributed by atoms with Crippen molar-refractivity contribution in [3.8, 4) is 0 Å². The maximum absolute atomic E-state index is 12.7. The molecule has 0 aromatic carbocycles. The molecule has 2 N–H and O–H groups in total. The largest absolute Gasteiger partial charge is 0.347 e. The van der Waals surface area contributed by atoms with E-state index in [1.807, 2.05) is 0 Å². The second-order valence-corrected chi connectivity index (χ2v) is 10.5. The lowest BCUT2D eigenvalue weighted by Crippen LogP contribution is -2.60. The molecule has 27 heavy (non-hydrogen) atoms. The van der Waals surface area contributed by atoms with E-state index >= 15 is 0 Å². The van der Waals surface area contributed by atoms with Crippen molar-refractivity contribution in [3.05, 3.63) is 0 Å². The molecule has 6 nitrogen and oxygen atoms in total. The molecule has 1 aromatic heterocycles. The molecule has 1 aromatic rings. The Hall–Kier alpha value is -1.37. The lowest BCUT2D eigenvalue weighted by atomic mass is 9.53. The van der Waals surface area contributed by atoms with Crippen LogP contribution in [0.3, 0.4) is 0 Å². The van der Waals surface area contributed by atoms with Crippen molar-refractivity contribution in [3.63, 3.8) is 0 Å². The van der Waals surface area contributed by atoms with Crippen molar-refractivity contribution in [2.24, 2.45) is 17.8 Å². The van der Waals surface area contributed by atoms with Gasteiger partial charge in [0.1, 0.15) is 0 Å². The maximum atomic E-state index is 12.7. The summed E-state index contributed by atoms with van der Waals surface area (Å²) in [6, 6.07) is 0.459. The van der Waals surface area contributed by atoms with Crippen molar-refractivity contribution in [2.45, 2.75) is 82.2 Å². The van der Waals surface area contributed by atoms with Gasteiger partial charge in [0.05, 0.1) is 0 Å². The zero-order valence-corrected chi connectivity index (χ0v) is 17.1. The Kier molecular flexibility index (Phi) is 4.53. The van der Waals surface area contributed by atoms with Crippen molar-refractivity contribution in [2.75, 3.05) is 17.3 Å². The fraction of sp³-hybridized carbons (Fsp3) is 0.850. The van der Waals surface area contributed by atoms with E-state index in [-0.39, 0.29) is 11.6 Å². The van der Waals surface area contributed by atoms with Gasteiger partial charge >= 0.3 is 6.03 Å². The van der Waals surface area contributed by atoms with Gasteiger partial charge in [-0.25, -0.2) is 4.79 Å². The van der Waals surface area contributed by atoms with Crippen LogP contribution in [0.5, 0.6) is 0 Å². The van der Waals surface area contributed by atoms with Crippen molar-refractivity contribution in [1.29, 1.82) is 0 Å². The quantitative estimate of drug-likeness (QED) is 0.801. The zero-order valence-electron chi connectivity index (χ0n) is 16.2. The number of carbonyl (C=O) groups is 1. The molecule has 7 heteroatoms. The molecule has 0 spiro atoms. The minimum Gasteiger partial charge on any atom is -0.347 e. The number of urea groups is 1. The Bertz CT molecular complexity index is 663. The SMILES string of the molecule is CN(c1nnc(NC(=O)NC23CC4CC(CC(C4)C2)C3)s1)C1CCCCC1. The highest BCUT2D eigenvalue weighted by molar-refractivity contribution is 7.19. The summed E-state index contributed by atoms with van der Waals surface area (Å²) in [5, 5.41) is 16.4. The van der Waals surface area contributed by atoms with E-state index in [0.29, 0.717) is 11.2 Å². The highest BCUT2D eigenvalue weighted by atomic mass is 32.1. The number of aromatic nitrogens is 2. The molecular formula is C20H31N5OS. The van der Waals surface area contributed by atoms with Gasteiger partial charge in [0.25, 0.3) is 0 Å². The van der Waals surface area contributed by atoms with E-state index in [1.54, 1.807) is 0 Å². The van der Waals surface area contributed by atoms with Gasteiger partial charge in [-0.15, -0.1) is 10.2 Å². The van der Waals surface area contributed by atoms with Crippen LogP contribution >= 0.6 is 11.3 Å². The molecule has 0 unspecified atom stereocenters. The average molecular weight is 390 g/mol. The number of nitrogens with zero attached hydrogens (tertiary/aromatic N) is 3. The van der Waals surface area contributed by atoms with Crippen molar-refractivity contribution < 1.29 is 4.79 Å². The first-order chi connectivity index (χ1) is 13.1. The summed E-state index contributed by atoms with van der Waals surface area (Å²) >= 11 is 1.49. The molecule has 2 amide bonds. The van der Waals surface area contributed by atoms with Crippen LogP contribution in [0, 0.1) is 17.8 Å². The van der Waals surface area contributed by atoms with E-state index in [0.717, 1.165) is 22.9 Å². The summed E-state index contributed by atoms with van der Waals surface area (Å²) in [6.45, 7) is 0. The van der Waals surface area contributed by atoms with Gasteiger partial charge < -0.3 is 10.2 Å². The number of anilines is 2. The van der Waals surface area contributed by atoms with Crippen molar-refractivity contribution in [1.82, 2.24) is 15.5 Å². The lowest BCUT2D eigenvalue weighted by molar-refractivity contribution is -0.0127. The summed E-state index contributed by atoms with van der Waals surface area (Å²) < 4.78 is 0. The third-order valence-corrected chi connectivity index (χ3v) is 8.41. The predicted molar refractivity (Wildman–Crippen MR) is 108 cm³/mol. The van der Waals surface area contributed by atoms with Crippen LogP contribution in [-0.2, 0) is 0 Å². The number of hydrogen-bond acceptors (Lipinski definition) is 5. The first-order valence-electron chi connectivity index (χ1n) is 10.7. The first-order valence-corrected chi connectivity index (χ1v) is 11.6. The van der Waals surface area contributed by atoms with Crippen LogP contribution in [-0.4, -0.2) is 34.9 Å². The third kappa shape index (κ3) is 3.55.